The van der Waals surface area contributed by atoms with Gasteiger partial charge in [0.15, 0.2) is 0 Å². The third-order valence-electron chi connectivity index (χ3n) is 2.74. The van der Waals surface area contributed by atoms with Crippen molar-refractivity contribution < 1.29 is 4.74 Å². The zero-order valence-corrected chi connectivity index (χ0v) is 8.55. The lowest BCUT2D eigenvalue weighted by Gasteiger charge is -2.55. The van der Waals surface area contributed by atoms with Gasteiger partial charge in [0.05, 0.1) is 18.6 Å². The molecule has 1 N–H and O–H groups in total. The molecule has 0 aromatic rings. The smallest absolute Gasteiger partial charge is 0.120 e. The largest absolute Gasteiger partial charge is 0.380 e. The van der Waals surface area contributed by atoms with E-state index in [0.29, 0.717) is 11.3 Å². The lowest BCUT2D eigenvalue weighted by Crippen LogP contribution is -2.66. The molecular weight excluding hydrogens is 176 g/mol. The van der Waals surface area contributed by atoms with Gasteiger partial charge in [-0.1, -0.05) is 18.2 Å². The number of allylic oxidation sites excluding steroid dienone is 2. The second kappa shape index (κ2) is 3.24. The van der Waals surface area contributed by atoms with Crippen LogP contribution in [0.5, 0.6) is 0 Å². The molecule has 3 heteroatoms. The molecule has 0 aliphatic carbocycles. The quantitative estimate of drug-likeness (QED) is 0.408. The summed E-state index contributed by atoms with van der Waals surface area (Å²) in [5, 5.41) is 7.77. The first-order valence-corrected chi connectivity index (χ1v) is 4.86. The van der Waals surface area contributed by atoms with Gasteiger partial charge in [0.2, 0.25) is 0 Å². The van der Waals surface area contributed by atoms with Gasteiger partial charge in [-0.25, -0.2) is 0 Å². The first-order valence-electron chi connectivity index (χ1n) is 4.86. The highest BCUT2D eigenvalue weighted by atomic mass is 16.5. The maximum atomic E-state index is 7.77. The van der Waals surface area contributed by atoms with Crippen molar-refractivity contribution in [2.45, 2.75) is 6.92 Å². The van der Waals surface area contributed by atoms with Gasteiger partial charge in [-0.15, -0.1) is 0 Å². The van der Waals surface area contributed by atoms with Crippen LogP contribution in [-0.2, 0) is 4.74 Å². The maximum absolute atomic E-state index is 7.77. The predicted molar refractivity (Wildman–Crippen MR) is 56.5 cm³/mol. The van der Waals surface area contributed by atoms with Gasteiger partial charge in [-0.2, -0.15) is 0 Å². The van der Waals surface area contributed by atoms with E-state index in [9.17, 15) is 0 Å². The molecule has 3 nitrogen and oxygen atoms in total. The van der Waals surface area contributed by atoms with Crippen LogP contribution in [0, 0.1) is 10.8 Å². The molecule has 2 heterocycles. The number of nitrogens with one attached hydrogen (secondary N) is 1. The van der Waals surface area contributed by atoms with Gasteiger partial charge in [0.1, 0.15) is 5.84 Å². The van der Waals surface area contributed by atoms with Crippen LogP contribution >= 0.6 is 0 Å². The molecule has 2 saturated heterocycles. The fraction of sp³-hybridized carbons (Fsp3) is 0.545. The second-order valence-corrected chi connectivity index (χ2v) is 4.41. The molecule has 2 fully saturated rings. The Kier molecular flexibility index (Phi) is 2.19. The maximum Gasteiger partial charge on any atom is 0.120 e. The van der Waals surface area contributed by atoms with Gasteiger partial charge >= 0.3 is 0 Å². The molecular formula is C11H16N2O. The molecule has 2 aliphatic heterocycles. The van der Waals surface area contributed by atoms with Gasteiger partial charge in [-0.3, -0.25) is 5.41 Å². The van der Waals surface area contributed by atoms with Crippen molar-refractivity contribution in [2.75, 3.05) is 26.3 Å². The first kappa shape index (κ1) is 9.46. The van der Waals surface area contributed by atoms with Crippen LogP contribution < -0.4 is 0 Å². The van der Waals surface area contributed by atoms with E-state index in [-0.39, 0.29) is 0 Å². The van der Waals surface area contributed by atoms with E-state index < -0.39 is 0 Å². The van der Waals surface area contributed by atoms with E-state index >= 15 is 0 Å². The van der Waals surface area contributed by atoms with E-state index in [1.54, 1.807) is 0 Å². The Bertz CT molecular complexity index is 294. The van der Waals surface area contributed by atoms with Gasteiger partial charge in [-0.05, 0) is 13.0 Å². The summed E-state index contributed by atoms with van der Waals surface area (Å²) in [7, 11) is 0. The minimum atomic E-state index is 0.392. The normalized spacial score (nSPS) is 23.4. The fourth-order valence-corrected chi connectivity index (χ4v) is 1.83. The number of hydrogen-bond acceptors (Lipinski definition) is 2. The van der Waals surface area contributed by atoms with Crippen molar-refractivity contribution in [3.8, 4) is 0 Å². The number of amidine groups is 1. The summed E-state index contributed by atoms with van der Waals surface area (Å²) in [5.41, 5.74) is 1.38. The summed E-state index contributed by atoms with van der Waals surface area (Å²) in [6, 6.07) is 0. The molecule has 14 heavy (non-hydrogen) atoms. The van der Waals surface area contributed by atoms with Crippen LogP contribution in [0.3, 0.4) is 0 Å². The number of nitrogens with zero attached hydrogens (tertiary/aromatic N) is 1. The van der Waals surface area contributed by atoms with E-state index in [2.05, 4.69) is 11.5 Å². The minimum absolute atomic E-state index is 0.392. The molecule has 0 atom stereocenters. The third-order valence-corrected chi connectivity index (χ3v) is 2.74. The summed E-state index contributed by atoms with van der Waals surface area (Å²) >= 11 is 0. The van der Waals surface area contributed by atoms with Crippen LogP contribution in [0.15, 0.2) is 24.3 Å². The molecule has 0 aromatic heterocycles. The molecule has 76 valence electrons. The summed E-state index contributed by atoms with van der Waals surface area (Å²) < 4.78 is 5.18. The van der Waals surface area contributed by atoms with Crippen LogP contribution in [0.1, 0.15) is 6.92 Å². The third kappa shape index (κ3) is 1.60. The zero-order chi connectivity index (χ0) is 10.2. The van der Waals surface area contributed by atoms with Crippen molar-refractivity contribution in [3.63, 3.8) is 0 Å². The molecule has 2 rings (SSSR count). The Morgan fingerprint density at radius 1 is 1.43 bits per heavy atom. The topological polar surface area (TPSA) is 36.3 Å². The fourth-order valence-electron chi connectivity index (χ4n) is 1.83. The van der Waals surface area contributed by atoms with Crippen molar-refractivity contribution in [2.24, 2.45) is 5.41 Å². The molecule has 0 unspecified atom stereocenters. The highest BCUT2D eigenvalue weighted by molar-refractivity contribution is 5.91. The van der Waals surface area contributed by atoms with Crippen molar-refractivity contribution in [1.82, 2.24) is 4.90 Å². The monoisotopic (exact) mass is 192 g/mol. The average Bonchev–Trinajstić information content (AvgIpc) is 1.95. The van der Waals surface area contributed by atoms with Crippen molar-refractivity contribution >= 4 is 5.84 Å². The van der Waals surface area contributed by atoms with Crippen LogP contribution in [-0.4, -0.2) is 37.0 Å². The highest BCUT2D eigenvalue weighted by Gasteiger charge is 2.49. The number of likely N-dealkylation sites (tertiary alicyclic amines) is 1. The van der Waals surface area contributed by atoms with E-state index in [4.69, 9.17) is 10.1 Å². The minimum Gasteiger partial charge on any atom is -0.380 e. The van der Waals surface area contributed by atoms with Gasteiger partial charge in [0.25, 0.3) is 0 Å². The first-order chi connectivity index (χ1) is 6.61. The van der Waals surface area contributed by atoms with E-state index in [1.165, 1.54) is 0 Å². The molecule has 0 bridgehead atoms. The van der Waals surface area contributed by atoms with Crippen molar-refractivity contribution in [1.29, 1.82) is 5.41 Å². The van der Waals surface area contributed by atoms with E-state index in [0.717, 1.165) is 31.9 Å². The predicted octanol–water partition coefficient (Wildman–Crippen LogP) is 1.43. The second-order valence-electron chi connectivity index (χ2n) is 4.41. The van der Waals surface area contributed by atoms with Crippen molar-refractivity contribution in [3.05, 3.63) is 24.3 Å². The number of rotatable bonds is 2. The zero-order valence-electron chi connectivity index (χ0n) is 8.55. The van der Waals surface area contributed by atoms with Gasteiger partial charge in [0, 0.05) is 13.1 Å². The lowest BCUT2D eigenvalue weighted by molar-refractivity contribution is -0.170. The summed E-state index contributed by atoms with van der Waals surface area (Å²) in [6.45, 7) is 9.40. The van der Waals surface area contributed by atoms with Crippen LogP contribution in [0.4, 0.5) is 0 Å². The molecule has 0 radical (unpaired) electrons. The summed E-state index contributed by atoms with van der Waals surface area (Å²) in [5.74, 6) is 0.588. The number of hydrogen-bond donors (Lipinski definition) is 1. The SMILES string of the molecule is C=C(C)/C=C\C(=N)N1CC2(COC2)C1. The Labute approximate surface area is 84.6 Å². The van der Waals surface area contributed by atoms with Gasteiger partial charge < -0.3 is 9.64 Å². The Hall–Kier alpha value is -1.09. The Balaban J connectivity index is 1.81. The molecule has 0 saturated carbocycles. The standard InChI is InChI=1S/C11H16N2O/c1-9(2)3-4-10(12)13-5-11(6-13)7-14-8-11/h3-4,12H,1,5-8H2,2H3/b4-3-,12-10?. The summed E-state index contributed by atoms with van der Waals surface area (Å²) in [6.07, 6.45) is 3.69. The van der Waals surface area contributed by atoms with Crippen LogP contribution in [0.25, 0.3) is 0 Å². The summed E-state index contributed by atoms with van der Waals surface area (Å²) in [4.78, 5) is 2.07. The molecule has 1 spiro atoms. The van der Waals surface area contributed by atoms with E-state index in [1.807, 2.05) is 19.1 Å². The average molecular weight is 192 g/mol. The highest BCUT2D eigenvalue weighted by Crippen LogP contribution is 2.37. The van der Waals surface area contributed by atoms with Crippen LogP contribution in [0.2, 0.25) is 0 Å². The Morgan fingerprint density at radius 2 is 2.07 bits per heavy atom. The number of ether oxygens (including phenoxy) is 1. The molecule has 0 aromatic carbocycles. The lowest BCUT2D eigenvalue weighted by atomic mass is 9.78. The molecule has 0 amide bonds. The Morgan fingerprint density at radius 3 is 2.50 bits per heavy atom. The molecule has 2 aliphatic rings.